The molecule has 0 spiro atoms. The van der Waals surface area contributed by atoms with Crippen LogP contribution in [0.4, 0.5) is 0 Å². The largest absolute Gasteiger partial charge is 2.00 e. The van der Waals surface area contributed by atoms with E-state index in [0.717, 1.165) is 27.3 Å². The van der Waals surface area contributed by atoms with Crippen molar-refractivity contribution < 1.29 is 63.4 Å². The molecule has 0 unspecified atom stereocenters. The predicted octanol–water partition coefficient (Wildman–Crippen LogP) is -0.630. The first-order valence-electron chi connectivity index (χ1n) is 11.4. The van der Waals surface area contributed by atoms with E-state index in [1.165, 1.54) is 0 Å². The van der Waals surface area contributed by atoms with Gasteiger partial charge in [0.1, 0.15) is 11.5 Å². The first-order valence-corrected chi connectivity index (χ1v) is 14.1. The SMILES string of the molecule is C.COc1cc[c-]cc1.COc1ccc(-c2nc(Cl)nc(Cl)n2)cc1.COc1ccc(Br)cc1.Clc1nc(Cl)nc(Cl)n1.[Br-].[Br-].[Cl-].[H-].[H-].[Mg+2].[Mg+2].[Mg+2]. The van der Waals surface area contributed by atoms with Gasteiger partial charge in [0.25, 0.3) is 0 Å². The molecular formula is C28H27Br3Cl6Mg3N6O3. The molecule has 9 nitrogen and oxygen atoms in total. The van der Waals surface area contributed by atoms with Crippen LogP contribution in [0.25, 0.3) is 11.4 Å². The van der Waals surface area contributed by atoms with Crippen LogP contribution in [0.2, 0.25) is 26.4 Å². The summed E-state index contributed by atoms with van der Waals surface area (Å²) in [5.74, 6) is 2.96. The third-order valence-corrected chi connectivity index (χ3v) is 5.83. The molecule has 256 valence electrons. The van der Waals surface area contributed by atoms with Crippen LogP contribution in [0, 0.1) is 6.07 Å². The molecule has 0 amide bonds. The molecule has 5 aromatic rings. The minimum absolute atomic E-state index is 0. The number of ether oxygens (including phenoxy) is 3. The Labute approximate surface area is 398 Å². The fraction of sp³-hybridized carbons (Fsp3) is 0.143. The summed E-state index contributed by atoms with van der Waals surface area (Å²) in [7, 11) is 4.91. The Hall–Kier alpha value is 0.559. The average Bonchev–Trinajstić information content (AvgIpc) is 2.98. The van der Waals surface area contributed by atoms with E-state index < -0.39 is 0 Å². The minimum Gasteiger partial charge on any atom is -1.00 e. The van der Waals surface area contributed by atoms with Crippen LogP contribution in [-0.4, -0.2) is 120 Å². The molecule has 2 heterocycles. The van der Waals surface area contributed by atoms with Gasteiger partial charge >= 0.3 is 69.2 Å². The van der Waals surface area contributed by atoms with Gasteiger partial charge < -0.3 is 63.4 Å². The second kappa shape index (κ2) is 35.6. The third-order valence-electron chi connectivity index (χ3n) is 4.46. The summed E-state index contributed by atoms with van der Waals surface area (Å²) < 4.78 is 16.0. The Morgan fingerprint density at radius 3 is 1.12 bits per heavy atom. The molecule has 0 atom stereocenters. The first kappa shape index (κ1) is 61.6. The van der Waals surface area contributed by atoms with Crippen LogP contribution in [0.15, 0.2) is 77.3 Å². The van der Waals surface area contributed by atoms with Crippen LogP contribution < -0.4 is 60.6 Å². The smallest absolute Gasteiger partial charge is 1.00 e. The van der Waals surface area contributed by atoms with Gasteiger partial charge in [0.15, 0.2) is 5.82 Å². The summed E-state index contributed by atoms with van der Waals surface area (Å²) in [5, 5.41) is 0.150. The molecule has 49 heavy (non-hydrogen) atoms. The summed E-state index contributed by atoms with van der Waals surface area (Å²) in [5.41, 5.74) is 0.798. The predicted molar refractivity (Wildman–Crippen MR) is 195 cm³/mol. The van der Waals surface area contributed by atoms with E-state index in [-0.39, 0.29) is 152 Å². The Bertz CT molecular complexity index is 1480. The van der Waals surface area contributed by atoms with Crippen LogP contribution in [0.3, 0.4) is 0 Å². The van der Waals surface area contributed by atoms with Crippen molar-refractivity contribution >= 4 is 143 Å². The molecule has 3 aromatic carbocycles. The maximum atomic E-state index is 5.69. The van der Waals surface area contributed by atoms with Gasteiger partial charge in [0.2, 0.25) is 26.4 Å². The van der Waals surface area contributed by atoms with Crippen molar-refractivity contribution in [2.45, 2.75) is 7.43 Å². The van der Waals surface area contributed by atoms with Crippen molar-refractivity contribution in [3.8, 4) is 28.6 Å². The Morgan fingerprint density at radius 2 is 0.816 bits per heavy atom. The fourth-order valence-electron chi connectivity index (χ4n) is 2.58. The maximum Gasteiger partial charge on any atom is 2.00 e. The van der Waals surface area contributed by atoms with Crippen LogP contribution in [-0.2, 0) is 0 Å². The molecule has 0 radical (unpaired) electrons. The second-order valence-corrected chi connectivity index (χ2v) is 9.77. The summed E-state index contributed by atoms with van der Waals surface area (Å²) in [4.78, 5) is 22.0. The van der Waals surface area contributed by atoms with Gasteiger partial charge in [-0.3, -0.25) is 0 Å². The van der Waals surface area contributed by atoms with E-state index in [9.17, 15) is 0 Å². The number of hydrogen-bond donors (Lipinski definition) is 0. The summed E-state index contributed by atoms with van der Waals surface area (Å²) >= 11 is 30.7. The fourth-order valence-corrected chi connectivity index (χ4v) is 3.81. The van der Waals surface area contributed by atoms with Crippen molar-refractivity contribution in [1.82, 2.24) is 29.9 Å². The zero-order valence-electron chi connectivity index (χ0n) is 27.4. The molecule has 0 aliphatic carbocycles. The number of halogens is 9. The van der Waals surface area contributed by atoms with E-state index in [2.05, 4.69) is 51.9 Å². The van der Waals surface area contributed by atoms with E-state index in [1.54, 1.807) is 33.5 Å². The zero-order valence-corrected chi connectivity index (χ0v) is 38.9. The molecule has 0 N–H and O–H groups in total. The molecule has 0 bridgehead atoms. The van der Waals surface area contributed by atoms with Gasteiger partial charge in [-0.2, -0.15) is 48.1 Å². The van der Waals surface area contributed by atoms with E-state index in [4.69, 9.17) is 72.2 Å². The Morgan fingerprint density at radius 1 is 0.531 bits per heavy atom. The number of aromatic nitrogens is 6. The number of benzene rings is 3. The number of rotatable bonds is 4. The molecule has 2 aromatic heterocycles. The van der Waals surface area contributed by atoms with Gasteiger partial charge in [-0.1, -0.05) is 23.4 Å². The first-order chi connectivity index (χ1) is 20.1. The molecule has 0 aliphatic heterocycles. The molecule has 0 fully saturated rings. The molecular weight excluding hydrogens is 994 g/mol. The molecule has 0 saturated carbocycles. The van der Waals surface area contributed by atoms with Crippen LogP contribution in [0.1, 0.15) is 10.3 Å². The average molecular weight is 1020 g/mol. The van der Waals surface area contributed by atoms with Crippen molar-refractivity contribution in [3.63, 3.8) is 0 Å². The minimum atomic E-state index is 0. The van der Waals surface area contributed by atoms with Gasteiger partial charge in [-0.15, -0.1) is 12.1 Å². The molecule has 5 rings (SSSR count). The van der Waals surface area contributed by atoms with Crippen LogP contribution in [0.5, 0.6) is 17.2 Å². The number of hydrogen-bond acceptors (Lipinski definition) is 9. The summed E-state index contributed by atoms with van der Waals surface area (Å²) in [6.45, 7) is 0. The van der Waals surface area contributed by atoms with Gasteiger partial charge in [0.05, 0.1) is 21.3 Å². The summed E-state index contributed by atoms with van der Waals surface area (Å²) in [6, 6.07) is 25.2. The van der Waals surface area contributed by atoms with E-state index in [0.29, 0.717) is 5.82 Å². The van der Waals surface area contributed by atoms with Gasteiger partial charge in [-0.05, 0) is 107 Å². The maximum absolute atomic E-state index is 5.69. The topological polar surface area (TPSA) is 105 Å². The second-order valence-electron chi connectivity index (χ2n) is 7.17. The van der Waals surface area contributed by atoms with Crippen molar-refractivity contribution in [2.24, 2.45) is 0 Å². The standard InChI is InChI=1S/C10H7Cl2N3O.C7H7BrO.C7H7O.C3Cl3N3.CH4.2BrH.ClH.3Mg.2H/c1-16-7-4-2-6(3-5-7)8-13-9(11)15-10(12)14-8;1-9-7-4-2-6(8)3-5-7;1-8-7-5-3-2-4-6-7;4-1-7-2(5)9-3(6)8-1;;;;;;;;;/h2-5H,1H3;2-5H,1H3;3-6H,1H3;;1H4;3*1H;;;;;/q;;-1;;;;;;3*+2;2*-1/p-3. The Balaban J connectivity index is -0.0000000789. The van der Waals surface area contributed by atoms with Crippen molar-refractivity contribution in [3.05, 3.63) is 110 Å². The number of methoxy groups -OCH3 is 3. The zero-order chi connectivity index (χ0) is 30.9. The van der Waals surface area contributed by atoms with Gasteiger partial charge in [0, 0.05) is 15.8 Å². The molecule has 21 heteroatoms. The summed E-state index contributed by atoms with van der Waals surface area (Å²) in [6.07, 6.45) is 0. The quantitative estimate of drug-likeness (QED) is 0.172. The normalized spacial score (nSPS) is 8.18. The van der Waals surface area contributed by atoms with Crippen molar-refractivity contribution in [2.75, 3.05) is 21.3 Å². The molecule has 0 saturated heterocycles. The third kappa shape index (κ3) is 26.9. The van der Waals surface area contributed by atoms with Crippen molar-refractivity contribution in [1.29, 1.82) is 0 Å². The van der Waals surface area contributed by atoms with Gasteiger partial charge in [-0.25, -0.2) is 0 Å². The molecule has 0 aliphatic rings. The monoisotopic (exact) mass is 1010 g/mol. The van der Waals surface area contributed by atoms with E-state index >= 15 is 0 Å². The van der Waals surface area contributed by atoms with Crippen LogP contribution >= 0.6 is 73.9 Å². The number of nitrogens with zero attached hydrogens (tertiary/aromatic N) is 6. The Kier molecular flexibility index (Phi) is 44.7. The van der Waals surface area contributed by atoms with E-state index in [1.807, 2.05) is 60.7 Å².